The fourth-order valence-corrected chi connectivity index (χ4v) is 5.15. The van der Waals surface area contributed by atoms with E-state index >= 15 is 0 Å². The predicted octanol–water partition coefficient (Wildman–Crippen LogP) is 4.60. The Morgan fingerprint density at radius 2 is 1.81 bits per heavy atom. The average Bonchev–Trinajstić information content (AvgIpc) is 3.12. The third kappa shape index (κ3) is 6.40. The molecule has 1 heterocycles. The summed E-state index contributed by atoms with van der Waals surface area (Å²) in [6.45, 7) is 3.69. The van der Waals surface area contributed by atoms with E-state index in [1.54, 1.807) is 35.2 Å². The van der Waals surface area contributed by atoms with Crippen LogP contribution in [0.3, 0.4) is 0 Å². The number of anilines is 1. The lowest BCUT2D eigenvalue weighted by Gasteiger charge is -2.21. The SMILES string of the molecule is CCCCCN(Cc1ccc(F)cc1)C(=O)/C=C/c1ccc(N2CCCS2(=O)=O)cc1. The number of amides is 1. The lowest BCUT2D eigenvalue weighted by molar-refractivity contribution is -0.126. The van der Waals surface area contributed by atoms with E-state index in [1.807, 2.05) is 12.1 Å². The number of carbonyl (C=O) groups is 1. The summed E-state index contributed by atoms with van der Waals surface area (Å²) in [5, 5.41) is 0. The monoisotopic (exact) mass is 444 g/mol. The van der Waals surface area contributed by atoms with Gasteiger partial charge in [0.15, 0.2) is 0 Å². The summed E-state index contributed by atoms with van der Waals surface area (Å²) in [4.78, 5) is 14.6. The molecule has 5 nitrogen and oxygen atoms in total. The molecule has 0 N–H and O–H groups in total. The molecule has 0 atom stereocenters. The lowest BCUT2D eigenvalue weighted by Crippen LogP contribution is -2.30. The maximum absolute atomic E-state index is 13.2. The molecule has 0 saturated carbocycles. The minimum atomic E-state index is -3.20. The molecule has 166 valence electrons. The van der Waals surface area contributed by atoms with Crippen LogP contribution in [0.25, 0.3) is 6.08 Å². The first-order valence-corrected chi connectivity index (χ1v) is 12.3. The third-order valence-corrected chi connectivity index (χ3v) is 7.20. The summed E-state index contributed by atoms with van der Waals surface area (Å²) in [5.74, 6) is -0.213. The van der Waals surface area contributed by atoms with E-state index in [4.69, 9.17) is 0 Å². The largest absolute Gasteiger partial charge is 0.335 e. The number of hydrogen-bond acceptors (Lipinski definition) is 3. The molecule has 2 aromatic rings. The number of sulfonamides is 1. The van der Waals surface area contributed by atoms with Crippen molar-refractivity contribution in [2.75, 3.05) is 23.1 Å². The van der Waals surface area contributed by atoms with Gasteiger partial charge in [-0.05, 0) is 54.3 Å². The first-order valence-electron chi connectivity index (χ1n) is 10.7. The fourth-order valence-electron chi connectivity index (χ4n) is 3.58. The van der Waals surface area contributed by atoms with Crippen LogP contribution in [0.5, 0.6) is 0 Å². The van der Waals surface area contributed by atoms with Gasteiger partial charge in [-0.25, -0.2) is 12.8 Å². The Balaban J connectivity index is 1.67. The van der Waals surface area contributed by atoms with Crippen LogP contribution in [0.4, 0.5) is 10.1 Å². The van der Waals surface area contributed by atoms with Gasteiger partial charge in [-0.2, -0.15) is 0 Å². The molecule has 7 heteroatoms. The van der Waals surface area contributed by atoms with Crippen molar-refractivity contribution in [3.63, 3.8) is 0 Å². The molecule has 0 spiro atoms. The number of benzene rings is 2. The van der Waals surface area contributed by atoms with E-state index in [1.165, 1.54) is 22.5 Å². The van der Waals surface area contributed by atoms with E-state index in [-0.39, 0.29) is 17.5 Å². The summed E-state index contributed by atoms with van der Waals surface area (Å²) < 4.78 is 38.7. The molecule has 0 unspecified atom stereocenters. The van der Waals surface area contributed by atoms with Crippen LogP contribution in [-0.2, 0) is 21.4 Å². The molecular formula is C24H29FN2O3S. The zero-order chi connectivity index (χ0) is 22.3. The number of nitrogens with zero attached hydrogens (tertiary/aromatic N) is 2. The molecule has 3 rings (SSSR count). The van der Waals surface area contributed by atoms with Gasteiger partial charge in [0.25, 0.3) is 0 Å². The van der Waals surface area contributed by atoms with Gasteiger partial charge in [-0.3, -0.25) is 9.10 Å². The van der Waals surface area contributed by atoms with Gasteiger partial charge < -0.3 is 4.90 Å². The molecular weight excluding hydrogens is 415 g/mol. The van der Waals surface area contributed by atoms with Crippen LogP contribution in [0.2, 0.25) is 0 Å². The second-order valence-electron chi connectivity index (χ2n) is 7.76. The van der Waals surface area contributed by atoms with Gasteiger partial charge in [0.2, 0.25) is 15.9 Å². The van der Waals surface area contributed by atoms with Gasteiger partial charge in [0, 0.05) is 25.7 Å². The average molecular weight is 445 g/mol. The third-order valence-electron chi connectivity index (χ3n) is 5.33. The zero-order valence-electron chi connectivity index (χ0n) is 17.8. The van der Waals surface area contributed by atoms with Crippen molar-refractivity contribution >= 4 is 27.7 Å². The molecule has 1 fully saturated rings. The first kappa shape index (κ1) is 23.0. The van der Waals surface area contributed by atoms with Crippen LogP contribution in [0, 0.1) is 5.82 Å². The Morgan fingerprint density at radius 1 is 1.10 bits per heavy atom. The highest BCUT2D eigenvalue weighted by Crippen LogP contribution is 2.24. The second kappa shape index (κ2) is 10.6. The summed E-state index contributed by atoms with van der Waals surface area (Å²) in [6, 6.07) is 13.4. The minimum absolute atomic E-state index is 0.105. The van der Waals surface area contributed by atoms with Crippen molar-refractivity contribution < 1.29 is 17.6 Å². The van der Waals surface area contributed by atoms with E-state index in [9.17, 15) is 17.6 Å². The topological polar surface area (TPSA) is 57.7 Å². The fraction of sp³-hybridized carbons (Fsp3) is 0.375. The second-order valence-corrected chi connectivity index (χ2v) is 9.77. The summed E-state index contributed by atoms with van der Waals surface area (Å²) in [5.41, 5.74) is 2.36. The first-order chi connectivity index (χ1) is 14.9. The standard InChI is InChI=1S/C24H29FN2O3S/c1-2-3-4-16-26(19-21-6-11-22(25)12-7-21)24(28)15-10-20-8-13-23(14-9-20)27-17-5-18-31(27,29)30/h6-15H,2-5,16-19H2,1H3/b15-10+. The van der Waals surface area contributed by atoms with Crippen molar-refractivity contribution in [1.82, 2.24) is 4.90 Å². The molecule has 2 aromatic carbocycles. The summed E-state index contributed by atoms with van der Waals surface area (Å²) in [6.07, 6.45) is 6.93. The molecule has 1 saturated heterocycles. The Labute approximate surface area is 184 Å². The van der Waals surface area contributed by atoms with Gasteiger partial charge in [-0.1, -0.05) is 44.0 Å². The normalized spacial score (nSPS) is 15.5. The van der Waals surface area contributed by atoms with Crippen LogP contribution >= 0.6 is 0 Å². The Hall–Kier alpha value is -2.67. The minimum Gasteiger partial charge on any atom is -0.335 e. The van der Waals surface area contributed by atoms with Gasteiger partial charge in [0.05, 0.1) is 11.4 Å². The Kier molecular flexibility index (Phi) is 7.85. The van der Waals surface area contributed by atoms with E-state index < -0.39 is 10.0 Å². The Morgan fingerprint density at radius 3 is 2.42 bits per heavy atom. The number of halogens is 1. The highest BCUT2D eigenvalue weighted by molar-refractivity contribution is 7.93. The van der Waals surface area contributed by atoms with Crippen LogP contribution in [0.15, 0.2) is 54.6 Å². The molecule has 0 aliphatic carbocycles. The molecule has 1 amide bonds. The summed E-state index contributed by atoms with van der Waals surface area (Å²) in [7, 11) is -3.20. The highest BCUT2D eigenvalue weighted by Gasteiger charge is 2.28. The smallest absolute Gasteiger partial charge is 0.246 e. The van der Waals surface area contributed by atoms with Gasteiger partial charge in [0.1, 0.15) is 5.82 Å². The van der Waals surface area contributed by atoms with Crippen molar-refractivity contribution in [3.05, 3.63) is 71.6 Å². The maximum atomic E-state index is 13.2. The molecule has 1 aliphatic rings. The van der Waals surface area contributed by atoms with Crippen LogP contribution < -0.4 is 4.31 Å². The van der Waals surface area contributed by atoms with Crippen LogP contribution in [-0.4, -0.2) is 38.1 Å². The van der Waals surface area contributed by atoms with Crippen LogP contribution in [0.1, 0.15) is 43.7 Å². The van der Waals surface area contributed by atoms with E-state index in [2.05, 4.69) is 6.92 Å². The van der Waals surface area contributed by atoms with Crippen molar-refractivity contribution in [2.24, 2.45) is 0 Å². The predicted molar refractivity (Wildman–Crippen MR) is 123 cm³/mol. The van der Waals surface area contributed by atoms with Crippen molar-refractivity contribution in [1.29, 1.82) is 0 Å². The van der Waals surface area contributed by atoms with Gasteiger partial charge >= 0.3 is 0 Å². The quantitative estimate of drug-likeness (QED) is 0.420. The van der Waals surface area contributed by atoms with Gasteiger partial charge in [-0.15, -0.1) is 0 Å². The summed E-state index contributed by atoms with van der Waals surface area (Å²) >= 11 is 0. The van der Waals surface area contributed by atoms with Crippen molar-refractivity contribution in [3.8, 4) is 0 Å². The molecule has 0 aromatic heterocycles. The molecule has 0 bridgehead atoms. The molecule has 31 heavy (non-hydrogen) atoms. The lowest BCUT2D eigenvalue weighted by atomic mass is 10.1. The van der Waals surface area contributed by atoms with E-state index in [0.29, 0.717) is 31.7 Å². The maximum Gasteiger partial charge on any atom is 0.246 e. The highest BCUT2D eigenvalue weighted by atomic mass is 32.2. The Bertz CT molecular complexity index is 1000. The molecule has 0 radical (unpaired) electrons. The number of rotatable bonds is 9. The van der Waals surface area contributed by atoms with E-state index in [0.717, 1.165) is 30.4 Å². The zero-order valence-corrected chi connectivity index (χ0v) is 18.7. The van der Waals surface area contributed by atoms with Crippen molar-refractivity contribution in [2.45, 2.75) is 39.2 Å². The number of unbranched alkanes of at least 4 members (excludes halogenated alkanes) is 2. The molecule has 1 aliphatic heterocycles. The number of carbonyl (C=O) groups excluding carboxylic acids is 1. The number of hydrogen-bond donors (Lipinski definition) is 0.